The monoisotopic (exact) mass is 396 g/mol. The average molecular weight is 396 g/mol. The van der Waals surface area contributed by atoms with Crippen molar-refractivity contribution in [3.63, 3.8) is 0 Å². The van der Waals surface area contributed by atoms with Gasteiger partial charge in [-0.25, -0.2) is 9.50 Å². The van der Waals surface area contributed by atoms with E-state index >= 15 is 0 Å². The number of carbonyl (C=O) groups excluding carboxylic acids is 1. The normalized spacial score (nSPS) is 16.8. The third kappa shape index (κ3) is 3.83. The molecule has 1 amide bonds. The zero-order valence-electron chi connectivity index (χ0n) is 17.3. The summed E-state index contributed by atoms with van der Waals surface area (Å²) >= 11 is 0. The van der Waals surface area contributed by atoms with Crippen LogP contribution in [0.5, 0.6) is 0 Å². The lowest BCUT2D eigenvalue weighted by Gasteiger charge is -2.23. The van der Waals surface area contributed by atoms with E-state index in [-0.39, 0.29) is 17.5 Å². The number of nitrogens with one attached hydrogen (secondary N) is 1. The van der Waals surface area contributed by atoms with Crippen LogP contribution in [0, 0.1) is 13.8 Å². The van der Waals surface area contributed by atoms with Gasteiger partial charge in [0.25, 0.3) is 5.56 Å². The highest BCUT2D eigenvalue weighted by molar-refractivity contribution is 5.77. The number of rotatable bonds is 6. The number of aromatic amines is 1. The highest BCUT2D eigenvalue weighted by atomic mass is 16.2. The minimum atomic E-state index is -0.112. The van der Waals surface area contributed by atoms with E-state index in [4.69, 9.17) is 0 Å². The van der Waals surface area contributed by atoms with Gasteiger partial charge in [-0.1, -0.05) is 6.92 Å². The van der Waals surface area contributed by atoms with E-state index in [9.17, 15) is 9.59 Å². The summed E-state index contributed by atoms with van der Waals surface area (Å²) in [6.45, 7) is 7.49. The number of H-pyrrole nitrogens is 1. The van der Waals surface area contributed by atoms with Gasteiger partial charge in [-0.3, -0.25) is 19.4 Å². The number of aryl methyl sites for hydroxylation is 4. The summed E-state index contributed by atoms with van der Waals surface area (Å²) in [4.78, 5) is 31.7. The summed E-state index contributed by atoms with van der Waals surface area (Å²) in [7, 11) is 0. The standard InChI is InChI=1S/C21H28N6O2/c1-4-16-12-21(29)27-19(22-16)13-17(24-27)18-7-5-9-25(18)20(28)8-6-10-26-15(3)11-14(2)23-26/h11-13,18,24H,4-10H2,1-3H3/t18-/m1/s1. The largest absolute Gasteiger partial charge is 0.334 e. The molecule has 1 fully saturated rings. The molecule has 29 heavy (non-hydrogen) atoms. The van der Waals surface area contributed by atoms with Crippen LogP contribution in [0.1, 0.15) is 61.4 Å². The molecule has 0 bridgehead atoms. The van der Waals surface area contributed by atoms with Gasteiger partial charge in [-0.2, -0.15) is 5.10 Å². The number of amides is 1. The number of fused-ring (bicyclic) bond motifs is 1. The van der Waals surface area contributed by atoms with E-state index in [0.29, 0.717) is 12.1 Å². The molecule has 0 unspecified atom stereocenters. The quantitative estimate of drug-likeness (QED) is 0.693. The topological polar surface area (TPSA) is 88.3 Å². The molecule has 0 aromatic carbocycles. The maximum absolute atomic E-state index is 12.9. The Hall–Kier alpha value is -2.90. The molecular formula is C21H28N6O2. The molecule has 0 spiro atoms. The Balaban J connectivity index is 1.46. The molecule has 1 N–H and O–H groups in total. The Morgan fingerprint density at radius 1 is 1.28 bits per heavy atom. The van der Waals surface area contributed by atoms with Crippen LogP contribution in [-0.4, -0.2) is 41.7 Å². The molecule has 1 aliphatic rings. The van der Waals surface area contributed by atoms with Crippen LogP contribution in [0.4, 0.5) is 0 Å². The lowest BCUT2D eigenvalue weighted by molar-refractivity contribution is -0.132. The highest BCUT2D eigenvalue weighted by Gasteiger charge is 2.31. The third-order valence-corrected chi connectivity index (χ3v) is 5.68. The van der Waals surface area contributed by atoms with Gasteiger partial charge in [-0.05, 0) is 45.6 Å². The molecule has 0 radical (unpaired) electrons. The van der Waals surface area contributed by atoms with Crippen LogP contribution in [0.15, 0.2) is 23.0 Å². The molecule has 4 heterocycles. The van der Waals surface area contributed by atoms with Gasteiger partial charge in [0.15, 0.2) is 5.65 Å². The summed E-state index contributed by atoms with van der Waals surface area (Å²) in [6.07, 6.45) is 3.83. The molecule has 3 aromatic heterocycles. The zero-order valence-corrected chi connectivity index (χ0v) is 17.3. The first-order valence-corrected chi connectivity index (χ1v) is 10.4. The minimum Gasteiger partial charge on any atom is -0.334 e. The van der Waals surface area contributed by atoms with E-state index in [0.717, 1.165) is 61.5 Å². The molecule has 154 valence electrons. The first-order valence-electron chi connectivity index (χ1n) is 10.4. The maximum atomic E-state index is 12.9. The predicted octanol–water partition coefficient (Wildman–Crippen LogP) is 2.54. The van der Waals surface area contributed by atoms with Gasteiger partial charge in [0.1, 0.15) is 0 Å². The lowest BCUT2D eigenvalue weighted by Crippen LogP contribution is -2.31. The number of hydrogen-bond acceptors (Lipinski definition) is 4. The molecular weight excluding hydrogens is 368 g/mol. The van der Waals surface area contributed by atoms with Gasteiger partial charge in [0, 0.05) is 43.0 Å². The van der Waals surface area contributed by atoms with Crippen molar-refractivity contribution in [3.8, 4) is 0 Å². The maximum Gasteiger partial charge on any atom is 0.272 e. The van der Waals surface area contributed by atoms with Crippen molar-refractivity contribution in [2.24, 2.45) is 0 Å². The van der Waals surface area contributed by atoms with Crippen LogP contribution in [-0.2, 0) is 17.8 Å². The van der Waals surface area contributed by atoms with Gasteiger partial charge < -0.3 is 4.90 Å². The first-order chi connectivity index (χ1) is 14.0. The van der Waals surface area contributed by atoms with E-state index in [2.05, 4.69) is 15.2 Å². The zero-order chi connectivity index (χ0) is 20.5. The van der Waals surface area contributed by atoms with E-state index < -0.39 is 0 Å². The minimum absolute atomic E-state index is 0.0256. The predicted molar refractivity (Wildman–Crippen MR) is 110 cm³/mol. The molecule has 3 aromatic rings. The molecule has 4 rings (SSSR count). The Labute approximate surface area is 169 Å². The molecule has 8 nitrogen and oxygen atoms in total. The van der Waals surface area contributed by atoms with Crippen LogP contribution >= 0.6 is 0 Å². The summed E-state index contributed by atoms with van der Waals surface area (Å²) in [5.74, 6) is 0.155. The molecule has 8 heteroatoms. The lowest BCUT2D eigenvalue weighted by atomic mass is 10.1. The van der Waals surface area contributed by atoms with E-state index in [1.807, 2.05) is 42.5 Å². The second-order valence-electron chi connectivity index (χ2n) is 7.84. The van der Waals surface area contributed by atoms with Crippen LogP contribution in [0.3, 0.4) is 0 Å². The second kappa shape index (κ2) is 7.85. The van der Waals surface area contributed by atoms with Crippen LogP contribution in [0.2, 0.25) is 0 Å². The summed E-state index contributed by atoms with van der Waals surface area (Å²) in [6, 6.07) is 5.49. The molecule has 0 aliphatic carbocycles. The van der Waals surface area contributed by atoms with E-state index in [1.165, 1.54) is 4.52 Å². The van der Waals surface area contributed by atoms with Gasteiger partial charge in [0.2, 0.25) is 5.91 Å². The van der Waals surface area contributed by atoms with Crippen molar-refractivity contribution in [2.75, 3.05) is 6.54 Å². The highest BCUT2D eigenvalue weighted by Crippen LogP contribution is 2.32. The Morgan fingerprint density at radius 3 is 2.83 bits per heavy atom. The Kier molecular flexibility index (Phi) is 5.25. The molecule has 1 atom stereocenters. The van der Waals surface area contributed by atoms with Crippen molar-refractivity contribution < 1.29 is 4.79 Å². The Morgan fingerprint density at radius 2 is 2.10 bits per heavy atom. The van der Waals surface area contributed by atoms with Crippen LogP contribution < -0.4 is 5.56 Å². The van der Waals surface area contributed by atoms with Gasteiger partial charge in [-0.15, -0.1) is 0 Å². The number of aromatic nitrogens is 5. The number of carbonyl (C=O) groups is 1. The molecule has 1 aliphatic heterocycles. The summed E-state index contributed by atoms with van der Waals surface area (Å²) in [5, 5.41) is 7.63. The fraction of sp³-hybridized carbons (Fsp3) is 0.524. The average Bonchev–Trinajstić information content (AvgIpc) is 3.39. The van der Waals surface area contributed by atoms with Crippen molar-refractivity contribution in [3.05, 3.63) is 51.3 Å². The molecule has 0 saturated carbocycles. The summed E-state index contributed by atoms with van der Waals surface area (Å²) < 4.78 is 3.43. The van der Waals surface area contributed by atoms with Gasteiger partial charge >= 0.3 is 0 Å². The van der Waals surface area contributed by atoms with Crippen molar-refractivity contribution in [1.29, 1.82) is 0 Å². The number of likely N-dealkylation sites (tertiary alicyclic amines) is 1. The van der Waals surface area contributed by atoms with Crippen molar-refractivity contribution in [2.45, 2.75) is 65.5 Å². The molecule has 1 saturated heterocycles. The Bertz CT molecular complexity index is 1090. The second-order valence-corrected chi connectivity index (χ2v) is 7.84. The third-order valence-electron chi connectivity index (χ3n) is 5.68. The number of nitrogens with zero attached hydrogens (tertiary/aromatic N) is 5. The smallest absolute Gasteiger partial charge is 0.272 e. The van der Waals surface area contributed by atoms with Gasteiger partial charge in [0.05, 0.1) is 17.4 Å². The van der Waals surface area contributed by atoms with Crippen LogP contribution in [0.25, 0.3) is 5.65 Å². The first kappa shape index (κ1) is 19.4. The fourth-order valence-corrected chi connectivity index (χ4v) is 4.22. The number of hydrogen-bond donors (Lipinski definition) is 1. The van der Waals surface area contributed by atoms with E-state index in [1.54, 1.807) is 6.07 Å². The van der Waals surface area contributed by atoms with Crippen molar-refractivity contribution >= 4 is 11.6 Å². The van der Waals surface area contributed by atoms with Crippen molar-refractivity contribution in [1.82, 2.24) is 29.3 Å². The fourth-order valence-electron chi connectivity index (χ4n) is 4.22. The summed E-state index contributed by atoms with van der Waals surface area (Å²) in [5.41, 5.74) is 4.29. The SMILES string of the molecule is CCc1cc(=O)n2[nH]c([C@H]3CCCN3C(=O)CCCn3nc(C)cc3C)cc2n1.